The van der Waals surface area contributed by atoms with Crippen molar-refractivity contribution in [2.45, 2.75) is 39.7 Å². The highest BCUT2D eigenvalue weighted by atomic mass is 16.5. The molecule has 0 saturated carbocycles. The molecule has 1 amide bonds. The molecule has 1 N–H and O–H groups in total. The third-order valence-electron chi connectivity index (χ3n) is 3.80. The van der Waals surface area contributed by atoms with Crippen LogP contribution in [0.2, 0.25) is 0 Å². The Morgan fingerprint density at radius 1 is 1.42 bits per heavy atom. The summed E-state index contributed by atoms with van der Waals surface area (Å²) in [5, 5.41) is 12.3. The van der Waals surface area contributed by atoms with Gasteiger partial charge in [0.1, 0.15) is 5.41 Å². The van der Waals surface area contributed by atoms with Gasteiger partial charge in [0.2, 0.25) is 5.91 Å². The fraction of sp³-hybridized carbons (Fsp3) is 0.857. The summed E-state index contributed by atoms with van der Waals surface area (Å²) in [6.07, 6.45) is 0.987. The first-order valence-corrected chi connectivity index (χ1v) is 7.10. The molecule has 108 valence electrons. The van der Waals surface area contributed by atoms with E-state index >= 15 is 0 Å². The van der Waals surface area contributed by atoms with E-state index in [0.29, 0.717) is 26.1 Å². The van der Waals surface area contributed by atoms with Crippen molar-refractivity contribution in [3.05, 3.63) is 0 Å². The summed E-state index contributed by atoms with van der Waals surface area (Å²) in [5.74, 6) is -0.141. The van der Waals surface area contributed by atoms with E-state index in [2.05, 4.69) is 30.1 Å². The van der Waals surface area contributed by atoms with Gasteiger partial charge >= 0.3 is 0 Å². The van der Waals surface area contributed by atoms with Gasteiger partial charge < -0.3 is 15.0 Å². The van der Waals surface area contributed by atoms with E-state index in [9.17, 15) is 10.1 Å². The first kappa shape index (κ1) is 15.9. The molecular formula is C14H25N3O2. The van der Waals surface area contributed by atoms with Crippen LogP contribution in [-0.2, 0) is 9.53 Å². The van der Waals surface area contributed by atoms with E-state index < -0.39 is 5.41 Å². The van der Waals surface area contributed by atoms with Crippen molar-refractivity contribution in [1.82, 2.24) is 10.2 Å². The zero-order valence-electron chi connectivity index (χ0n) is 12.2. The first-order valence-electron chi connectivity index (χ1n) is 7.10. The lowest BCUT2D eigenvalue weighted by Crippen LogP contribution is -2.49. The second-order valence-electron chi connectivity index (χ2n) is 5.17. The molecule has 0 aromatic rings. The van der Waals surface area contributed by atoms with Crippen LogP contribution < -0.4 is 5.32 Å². The molecule has 5 heteroatoms. The number of hydrogen-bond acceptors (Lipinski definition) is 4. The van der Waals surface area contributed by atoms with Gasteiger partial charge in [-0.15, -0.1) is 0 Å². The summed E-state index contributed by atoms with van der Waals surface area (Å²) < 4.78 is 5.24. The largest absolute Gasteiger partial charge is 0.381 e. The number of nitrogens with one attached hydrogen (secondary N) is 1. The van der Waals surface area contributed by atoms with Gasteiger partial charge in [0.25, 0.3) is 0 Å². The number of rotatable bonds is 6. The van der Waals surface area contributed by atoms with Gasteiger partial charge in [-0.1, -0.05) is 13.8 Å². The van der Waals surface area contributed by atoms with Crippen LogP contribution in [0.4, 0.5) is 0 Å². The fourth-order valence-electron chi connectivity index (χ4n) is 2.39. The molecule has 0 radical (unpaired) electrons. The van der Waals surface area contributed by atoms with Crippen molar-refractivity contribution < 1.29 is 9.53 Å². The second kappa shape index (κ2) is 7.46. The topological polar surface area (TPSA) is 65.4 Å². The number of carbonyl (C=O) groups excluding carboxylic acids is 1. The Bertz CT molecular complexity index is 328. The third-order valence-corrected chi connectivity index (χ3v) is 3.80. The number of likely N-dealkylation sites (N-methyl/N-ethyl adjacent to an activating group) is 1. The molecule has 0 aromatic carbocycles. The molecule has 1 unspecified atom stereocenters. The van der Waals surface area contributed by atoms with Gasteiger partial charge in [-0.05, 0) is 32.9 Å². The van der Waals surface area contributed by atoms with E-state index in [1.807, 2.05) is 6.92 Å². The lowest BCUT2D eigenvalue weighted by Gasteiger charge is -2.31. The molecule has 1 aliphatic rings. The Hall–Kier alpha value is -1.12. The first-order chi connectivity index (χ1) is 9.07. The molecule has 1 aliphatic heterocycles. The lowest BCUT2D eigenvalue weighted by molar-refractivity contribution is -0.133. The van der Waals surface area contributed by atoms with Crippen LogP contribution in [-0.4, -0.2) is 49.7 Å². The van der Waals surface area contributed by atoms with Gasteiger partial charge in [0.05, 0.1) is 6.07 Å². The summed E-state index contributed by atoms with van der Waals surface area (Å²) in [7, 11) is 0. The van der Waals surface area contributed by atoms with Crippen LogP contribution in [0.1, 0.15) is 33.6 Å². The average molecular weight is 267 g/mol. The van der Waals surface area contributed by atoms with E-state index in [1.165, 1.54) is 0 Å². The molecule has 1 rings (SSSR count). The molecule has 0 bridgehead atoms. The number of carbonyl (C=O) groups is 1. The van der Waals surface area contributed by atoms with Crippen molar-refractivity contribution in [2.75, 3.05) is 32.8 Å². The maximum absolute atomic E-state index is 12.3. The highest BCUT2D eigenvalue weighted by Crippen LogP contribution is 2.29. The third kappa shape index (κ3) is 4.19. The Kier molecular flexibility index (Phi) is 6.26. The van der Waals surface area contributed by atoms with Gasteiger partial charge in [-0.25, -0.2) is 0 Å². The molecule has 1 heterocycles. The van der Waals surface area contributed by atoms with Crippen LogP contribution in [0.5, 0.6) is 0 Å². The molecule has 1 saturated heterocycles. The zero-order valence-corrected chi connectivity index (χ0v) is 12.2. The van der Waals surface area contributed by atoms with Crippen LogP contribution in [0.3, 0.4) is 0 Å². The van der Waals surface area contributed by atoms with E-state index in [0.717, 1.165) is 19.6 Å². The molecule has 1 fully saturated rings. The minimum atomic E-state index is -0.893. The normalized spacial score (nSPS) is 19.7. The lowest BCUT2D eigenvalue weighted by atomic mass is 9.80. The zero-order chi connectivity index (χ0) is 14.3. The smallest absolute Gasteiger partial charge is 0.240 e. The molecule has 0 aromatic heterocycles. The molecular weight excluding hydrogens is 242 g/mol. The number of hydrogen-bond donors (Lipinski definition) is 1. The summed E-state index contributed by atoms with van der Waals surface area (Å²) in [6.45, 7) is 9.93. The molecule has 19 heavy (non-hydrogen) atoms. The maximum atomic E-state index is 12.3. The van der Waals surface area contributed by atoms with E-state index in [4.69, 9.17) is 4.74 Å². The number of ether oxygens (including phenoxy) is 1. The molecule has 1 atom stereocenters. The minimum Gasteiger partial charge on any atom is -0.381 e. The SMILES string of the molecule is CCN(CC)CC(C)NC(=O)C1(C#N)CCOCC1. The van der Waals surface area contributed by atoms with Crippen molar-refractivity contribution in [3.63, 3.8) is 0 Å². The summed E-state index contributed by atoms with van der Waals surface area (Å²) in [4.78, 5) is 14.6. The summed E-state index contributed by atoms with van der Waals surface area (Å²) >= 11 is 0. The van der Waals surface area contributed by atoms with Gasteiger partial charge in [0, 0.05) is 25.8 Å². The summed E-state index contributed by atoms with van der Waals surface area (Å²) in [5.41, 5.74) is -0.893. The Labute approximate surface area is 115 Å². The highest BCUT2D eigenvalue weighted by Gasteiger charge is 2.40. The predicted molar refractivity (Wildman–Crippen MR) is 73.5 cm³/mol. The standard InChI is InChI=1S/C14H25N3O2/c1-4-17(5-2)10-12(3)16-13(18)14(11-15)6-8-19-9-7-14/h12H,4-10H2,1-3H3,(H,16,18). The highest BCUT2D eigenvalue weighted by molar-refractivity contribution is 5.85. The monoisotopic (exact) mass is 267 g/mol. The van der Waals surface area contributed by atoms with Crippen LogP contribution in [0.15, 0.2) is 0 Å². The van der Waals surface area contributed by atoms with Crippen LogP contribution in [0, 0.1) is 16.7 Å². The predicted octanol–water partition coefficient (Wildman–Crippen LogP) is 1.15. The van der Waals surface area contributed by atoms with Gasteiger partial charge in [0.15, 0.2) is 0 Å². The maximum Gasteiger partial charge on any atom is 0.240 e. The van der Waals surface area contributed by atoms with Crippen molar-refractivity contribution in [3.8, 4) is 6.07 Å². The Balaban J connectivity index is 2.55. The second-order valence-corrected chi connectivity index (χ2v) is 5.17. The minimum absolute atomic E-state index is 0.0560. The summed E-state index contributed by atoms with van der Waals surface area (Å²) in [6, 6.07) is 2.25. The molecule has 0 aliphatic carbocycles. The van der Waals surface area contributed by atoms with Crippen LogP contribution in [0.25, 0.3) is 0 Å². The molecule has 0 spiro atoms. The van der Waals surface area contributed by atoms with Gasteiger partial charge in [-0.3, -0.25) is 4.79 Å². The van der Waals surface area contributed by atoms with Crippen molar-refractivity contribution in [2.24, 2.45) is 5.41 Å². The quantitative estimate of drug-likeness (QED) is 0.784. The fourth-order valence-corrected chi connectivity index (χ4v) is 2.39. The Morgan fingerprint density at radius 3 is 2.47 bits per heavy atom. The average Bonchev–Trinajstić information content (AvgIpc) is 2.45. The van der Waals surface area contributed by atoms with Crippen LogP contribution >= 0.6 is 0 Å². The number of amides is 1. The van der Waals surface area contributed by atoms with E-state index in [1.54, 1.807) is 0 Å². The number of nitrogens with zero attached hydrogens (tertiary/aromatic N) is 2. The van der Waals surface area contributed by atoms with Crippen molar-refractivity contribution >= 4 is 5.91 Å². The Morgan fingerprint density at radius 2 is 2.00 bits per heavy atom. The molecule has 5 nitrogen and oxygen atoms in total. The van der Waals surface area contributed by atoms with Crippen molar-refractivity contribution in [1.29, 1.82) is 5.26 Å². The van der Waals surface area contributed by atoms with Gasteiger partial charge in [-0.2, -0.15) is 5.26 Å². The van der Waals surface area contributed by atoms with E-state index in [-0.39, 0.29) is 11.9 Å². The number of nitriles is 1.